The number of aromatic nitrogens is 2. The fourth-order valence-electron chi connectivity index (χ4n) is 2.25. The van der Waals surface area contributed by atoms with Gasteiger partial charge in [-0.3, -0.25) is 10.7 Å². The van der Waals surface area contributed by atoms with Gasteiger partial charge < -0.3 is 10.1 Å². The maximum Gasteiger partial charge on any atom is 0.407 e. The number of benzene rings is 2. The Bertz CT molecular complexity index is 1010. The predicted octanol–water partition coefficient (Wildman–Crippen LogP) is 3.35. The molecule has 0 unspecified atom stereocenters. The van der Waals surface area contributed by atoms with E-state index in [-0.39, 0.29) is 34.5 Å². The molecule has 1 aromatic heterocycles. The van der Waals surface area contributed by atoms with Crippen LogP contribution >= 0.6 is 11.6 Å². The number of rotatable bonds is 6. The first-order valence-corrected chi connectivity index (χ1v) is 8.65. The summed E-state index contributed by atoms with van der Waals surface area (Å²) in [5, 5.41) is 19.1. The molecule has 0 aliphatic carbocycles. The van der Waals surface area contributed by atoms with E-state index in [0.29, 0.717) is 6.54 Å². The van der Waals surface area contributed by atoms with Crippen molar-refractivity contribution >= 4 is 29.2 Å². The number of carbonyl (C=O) groups is 1. The number of amides is 1. The highest BCUT2D eigenvalue weighted by Gasteiger charge is 2.18. The zero-order valence-corrected chi connectivity index (χ0v) is 15.6. The molecule has 0 radical (unpaired) electrons. The Kier molecular flexibility index (Phi) is 6.72. The SMILES string of the molecule is O=C(NCc1ccccc1)OCc1nonc1C(=Nc1ccc(F)c(Cl)c1)NO. The molecule has 0 aliphatic rings. The summed E-state index contributed by atoms with van der Waals surface area (Å²) >= 11 is 5.72. The van der Waals surface area contributed by atoms with Gasteiger partial charge in [0.25, 0.3) is 0 Å². The minimum absolute atomic E-state index is 0.00352. The molecule has 1 heterocycles. The summed E-state index contributed by atoms with van der Waals surface area (Å²) < 4.78 is 23.0. The number of ether oxygens (including phenoxy) is 1. The highest BCUT2D eigenvalue weighted by Crippen LogP contribution is 2.22. The van der Waals surface area contributed by atoms with Crippen LogP contribution < -0.4 is 10.8 Å². The molecule has 0 spiro atoms. The van der Waals surface area contributed by atoms with Crippen LogP contribution in [0, 0.1) is 5.82 Å². The summed E-state index contributed by atoms with van der Waals surface area (Å²) in [6, 6.07) is 13.0. The Hall–Kier alpha value is -3.50. The van der Waals surface area contributed by atoms with Crippen LogP contribution in [-0.2, 0) is 17.9 Å². The second-order valence-electron chi connectivity index (χ2n) is 5.65. The second kappa shape index (κ2) is 9.62. The van der Waals surface area contributed by atoms with Crippen LogP contribution in [0.2, 0.25) is 5.02 Å². The molecular formula is C18H15ClFN5O4. The minimum atomic E-state index is -0.677. The van der Waals surface area contributed by atoms with E-state index in [1.807, 2.05) is 35.8 Å². The van der Waals surface area contributed by atoms with Gasteiger partial charge in [0.05, 0.1) is 10.7 Å². The van der Waals surface area contributed by atoms with Crippen molar-refractivity contribution in [1.29, 1.82) is 0 Å². The topological polar surface area (TPSA) is 122 Å². The van der Waals surface area contributed by atoms with E-state index in [1.54, 1.807) is 0 Å². The van der Waals surface area contributed by atoms with Crippen molar-refractivity contribution in [2.24, 2.45) is 4.99 Å². The first-order chi connectivity index (χ1) is 14.1. The first-order valence-electron chi connectivity index (χ1n) is 8.27. The molecule has 0 bridgehead atoms. The lowest BCUT2D eigenvalue weighted by Crippen LogP contribution is -2.25. The number of alkyl carbamates (subject to hydrolysis) is 1. The third-order valence-corrected chi connectivity index (χ3v) is 3.94. The quantitative estimate of drug-likeness (QED) is 0.318. The van der Waals surface area contributed by atoms with Crippen molar-refractivity contribution in [3.63, 3.8) is 0 Å². The molecule has 1 amide bonds. The van der Waals surface area contributed by atoms with Gasteiger partial charge in [-0.2, -0.15) is 0 Å². The second-order valence-corrected chi connectivity index (χ2v) is 6.05. The van der Waals surface area contributed by atoms with Crippen LogP contribution in [0.4, 0.5) is 14.9 Å². The van der Waals surface area contributed by atoms with Crippen molar-refractivity contribution in [2.45, 2.75) is 13.2 Å². The normalized spacial score (nSPS) is 11.2. The lowest BCUT2D eigenvalue weighted by atomic mass is 10.2. The largest absolute Gasteiger partial charge is 0.443 e. The third-order valence-electron chi connectivity index (χ3n) is 3.65. The predicted molar refractivity (Wildman–Crippen MR) is 100 cm³/mol. The van der Waals surface area contributed by atoms with Gasteiger partial charge in [0.1, 0.15) is 12.4 Å². The van der Waals surface area contributed by atoms with Crippen molar-refractivity contribution in [3.8, 4) is 0 Å². The molecule has 0 saturated carbocycles. The number of hydroxylamine groups is 1. The summed E-state index contributed by atoms with van der Waals surface area (Å²) in [5.41, 5.74) is 3.11. The van der Waals surface area contributed by atoms with Crippen LogP contribution in [0.1, 0.15) is 17.0 Å². The Balaban J connectivity index is 1.65. The van der Waals surface area contributed by atoms with Crippen LogP contribution in [0.5, 0.6) is 0 Å². The maximum atomic E-state index is 13.3. The summed E-state index contributed by atoms with van der Waals surface area (Å²) in [6.07, 6.45) is -0.677. The molecule has 0 fully saturated rings. The lowest BCUT2D eigenvalue weighted by molar-refractivity contribution is 0.136. The molecule has 3 rings (SSSR count). The summed E-state index contributed by atoms with van der Waals surface area (Å²) in [5.74, 6) is -0.764. The molecule has 150 valence electrons. The zero-order chi connectivity index (χ0) is 20.6. The lowest BCUT2D eigenvalue weighted by Gasteiger charge is -2.07. The van der Waals surface area contributed by atoms with E-state index in [0.717, 1.165) is 11.6 Å². The van der Waals surface area contributed by atoms with E-state index >= 15 is 0 Å². The standard InChI is InChI=1S/C18H15ClFN5O4/c19-13-8-12(6-7-14(13)20)22-17(23-27)16-15(24-29-25-16)10-28-18(26)21-9-11-4-2-1-3-5-11/h1-8,27H,9-10H2,(H,21,26)(H,22,23). The van der Waals surface area contributed by atoms with E-state index < -0.39 is 11.9 Å². The average molecular weight is 420 g/mol. The number of aliphatic imine (C=N–C) groups is 1. The summed E-state index contributed by atoms with van der Waals surface area (Å²) in [4.78, 5) is 15.9. The Morgan fingerprint density at radius 2 is 2.03 bits per heavy atom. The average Bonchev–Trinajstić information content (AvgIpc) is 3.20. The number of hydrogen-bond donors (Lipinski definition) is 3. The molecule has 3 aromatic rings. The molecule has 2 aromatic carbocycles. The zero-order valence-electron chi connectivity index (χ0n) is 14.8. The number of hydrogen-bond acceptors (Lipinski definition) is 7. The van der Waals surface area contributed by atoms with Crippen molar-refractivity contribution in [3.05, 3.63) is 76.3 Å². The number of halogens is 2. The van der Waals surface area contributed by atoms with Crippen molar-refractivity contribution in [1.82, 2.24) is 21.1 Å². The fraction of sp³-hybridized carbons (Fsp3) is 0.111. The Morgan fingerprint density at radius 1 is 1.24 bits per heavy atom. The van der Waals surface area contributed by atoms with E-state index in [1.165, 1.54) is 12.1 Å². The third kappa shape index (κ3) is 5.50. The molecular weight excluding hydrogens is 405 g/mol. The van der Waals surface area contributed by atoms with Gasteiger partial charge in [-0.05, 0) is 28.9 Å². The van der Waals surface area contributed by atoms with Gasteiger partial charge in [0.15, 0.2) is 17.2 Å². The van der Waals surface area contributed by atoms with Gasteiger partial charge in [0, 0.05) is 6.54 Å². The Labute approximate surface area is 169 Å². The van der Waals surface area contributed by atoms with Crippen molar-refractivity contribution in [2.75, 3.05) is 0 Å². The van der Waals surface area contributed by atoms with E-state index in [4.69, 9.17) is 16.3 Å². The van der Waals surface area contributed by atoms with Crippen LogP contribution in [0.15, 0.2) is 58.2 Å². The van der Waals surface area contributed by atoms with E-state index in [2.05, 4.69) is 25.3 Å². The molecule has 29 heavy (non-hydrogen) atoms. The smallest absolute Gasteiger partial charge is 0.407 e. The number of nitrogens with one attached hydrogen (secondary N) is 2. The monoisotopic (exact) mass is 419 g/mol. The molecule has 0 atom stereocenters. The first kappa shape index (κ1) is 20.2. The summed E-state index contributed by atoms with van der Waals surface area (Å²) in [7, 11) is 0. The van der Waals surface area contributed by atoms with E-state index in [9.17, 15) is 14.4 Å². The van der Waals surface area contributed by atoms with Crippen LogP contribution in [0.25, 0.3) is 0 Å². The van der Waals surface area contributed by atoms with Gasteiger partial charge in [-0.1, -0.05) is 47.1 Å². The number of amidine groups is 1. The molecule has 9 nitrogen and oxygen atoms in total. The number of nitrogens with zero attached hydrogens (tertiary/aromatic N) is 3. The Morgan fingerprint density at radius 3 is 2.76 bits per heavy atom. The maximum absolute atomic E-state index is 13.3. The number of carbonyl (C=O) groups excluding carboxylic acids is 1. The highest BCUT2D eigenvalue weighted by atomic mass is 35.5. The fourth-order valence-corrected chi connectivity index (χ4v) is 2.43. The van der Waals surface area contributed by atoms with Gasteiger partial charge >= 0.3 is 6.09 Å². The highest BCUT2D eigenvalue weighted by molar-refractivity contribution is 6.31. The van der Waals surface area contributed by atoms with Gasteiger partial charge in [-0.25, -0.2) is 18.8 Å². The summed E-state index contributed by atoms with van der Waals surface area (Å²) in [6.45, 7) is 0.00412. The van der Waals surface area contributed by atoms with Crippen LogP contribution in [0.3, 0.4) is 0 Å². The van der Waals surface area contributed by atoms with Crippen molar-refractivity contribution < 1.29 is 23.8 Å². The van der Waals surface area contributed by atoms with Gasteiger partial charge in [0.2, 0.25) is 0 Å². The van der Waals surface area contributed by atoms with Crippen LogP contribution in [-0.4, -0.2) is 27.4 Å². The molecule has 0 saturated heterocycles. The minimum Gasteiger partial charge on any atom is -0.443 e. The molecule has 11 heteroatoms. The molecule has 0 aliphatic heterocycles. The molecule has 3 N–H and O–H groups in total. The van der Waals surface area contributed by atoms with Gasteiger partial charge in [-0.15, -0.1) is 0 Å².